The monoisotopic (exact) mass is 191 g/mol. The van der Waals surface area contributed by atoms with E-state index >= 15 is 0 Å². The van der Waals surface area contributed by atoms with Crippen molar-refractivity contribution in [3.05, 3.63) is 29.3 Å². The maximum Gasteiger partial charge on any atom is 0.318 e. The Morgan fingerprint density at radius 2 is 2.29 bits per heavy atom. The van der Waals surface area contributed by atoms with Crippen LogP contribution in [0, 0.1) is 0 Å². The highest BCUT2D eigenvalue weighted by Crippen LogP contribution is 2.23. The van der Waals surface area contributed by atoms with E-state index in [9.17, 15) is 4.79 Å². The van der Waals surface area contributed by atoms with Crippen molar-refractivity contribution in [1.82, 2.24) is 10.6 Å². The van der Waals surface area contributed by atoms with Crippen molar-refractivity contribution >= 4 is 11.7 Å². The van der Waals surface area contributed by atoms with Crippen molar-refractivity contribution in [2.24, 2.45) is 0 Å². The molecule has 0 aromatic heterocycles. The van der Waals surface area contributed by atoms with Gasteiger partial charge in [0.05, 0.1) is 0 Å². The summed E-state index contributed by atoms with van der Waals surface area (Å²) in [5, 5.41) is 8.58. The van der Waals surface area contributed by atoms with Crippen molar-refractivity contribution in [2.75, 3.05) is 12.4 Å². The van der Waals surface area contributed by atoms with Gasteiger partial charge in [-0.2, -0.15) is 0 Å². The van der Waals surface area contributed by atoms with E-state index in [1.165, 1.54) is 11.1 Å². The van der Waals surface area contributed by atoms with Crippen LogP contribution in [-0.2, 0) is 13.1 Å². The number of urea groups is 1. The molecule has 0 aliphatic carbocycles. The lowest BCUT2D eigenvalue weighted by molar-refractivity contribution is 0.254. The van der Waals surface area contributed by atoms with Gasteiger partial charge in [-0.3, -0.25) is 0 Å². The average Bonchev–Trinajstić information content (AvgIpc) is 2.66. The fourth-order valence-corrected chi connectivity index (χ4v) is 1.63. The maximum atomic E-state index is 11.1. The Kier molecular flexibility index (Phi) is 2.37. The van der Waals surface area contributed by atoms with Gasteiger partial charge in [-0.25, -0.2) is 4.79 Å². The van der Waals surface area contributed by atoms with Gasteiger partial charge in [0.1, 0.15) is 0 Å². The van der Waals surface area contributed by atoms with Gasteiger partial charge in [-0.1, -0.05) is 12.1 Å². The normalized spacial score (nSPS) is 13.5. The molecule has 0 unspecified atom stereocenters. The number of carbonyl (C=O) groups is 1. The summed E-state index contributed by atoms with van der Waals surface area (Å²) in [6.45, 7) is 1.72. The molecule has 2 amide bonds. The quantitative estimate of drug-likeness (QED) is 0.621. The van der Waals surface area contributed by atoms with Crippen molar-refractivity contribution < 1.29 is 4.79 Å². The maximum absolute atomic E-state index is 11.1. The number of amides is 2. The molecule has 0 bridgehead atoms. The summed E-state index contributed by atoms with van der Waals surface area (Å²) < 4.78 is 0. The molecule has 1 aliphatic rings. The predicted octanol–water partition coefficient (Wildman–Crippen LogP) is 1.04. The standard InChI is InChI=1S/C10H13N3O/c1-11-10(14)13-9-4-2-3-7-5-12-6-8(7)9/h2-4,12H,5-6H2,1H3,(H2,11,13,14). The molecule has 1 aromatic carbocycles. The van der Waals surface area contributed by atoms with Crippen molar-refractivity contribution in [1.29, 1.82) is 0 Å². The van der Waals surface area contributed by atoms with Gasteiger partial charge >= 0.3 is 6.03 Å². The second kappa shape index (κ2) is 3.67. The molecule has 0 fully saturated rings. The van der Waals surface area contributed by atoms with Gasteiger partial charge in [0.25, 0.3) is 0 Å². The van der Waals surface area contributed by atoms with Gasteiger partial charge in [0.2, 0.25) is 0 Å². The highest BCUT2D eigenvalue weighted by molar-refractivity contribution is 5.90. The number of benzene rings is 1. The van der Waals surface area contributed by atoms with Crippen LogP contribution in [0.15, 0.2) is 18.2 Å². The molecule has 14 heavy (non-hydrogen) atoms. The zero-order chi connectivity index (χ0) is 9.97. The third kappa shape index (κ3) is 1.56. The summed E-state index contributed by atoms with van der Waals surface area (Å²) in [5.74, 6) is 0. The molecule has 0 spiro atoms. The minimum Gasteiger partial charge on any atom is -0.341 e. The number of carbonyl (C=O) groups excluding carboxylic acids is 1. The first-order valence-electron chi connectivity index (χ1n) is 4.61. The van der Waals surface area contributed by atoms with Crippen molar-refractivity contribution in [3.8, 4) is 0 Å². The van der Waals surface area contributed by atoms with E-state index in [1.54, 1.807) is 7.05 Å². The zero-order valence-electron chi connectivity index (χ0n) is 8.05. The van der Waals surface area contributed by atoms with Gasteiger partial charge < -0.3 is 16.0 Å². The number of anilines is 1. The molecule has 1 aliphatic heterocycles. The topological polar surface area (TPSA) is 53.2 Å². The van der Waals surface area contributed by atoms with Crippen LogP contribution in [0.5, 0.6) is 0 Å². The number of hydrogen-bond acceptors (Lipinski definition) is 2. The van der Waals surface area contributed by atoms with E-state index in [2.05, 4.69) is 22.0 Å². The molecular weight excluding hydrogens is 178 g/mol. The Bertz CT molecular complexity index is 362. The van der Waals surface area contributed by atoms with E-state index in [1.807, 2.05) is 12.1 Å². The van der Waals surface area contributed by atoms with Crippen molar-refractivity contribution in [2.45, 2.75) is 13.1 Å². The average molecular weight is 191 g/mol. The van der Waals surface area contributed by atoms with Crippen LogP contribution in [0.25, 0.3) is 0 Å². The molecule has 1 aromatic rings. The molecule has 3 N–H and O–H groups in total. The van der Waals surface area contributed by atoms with Crippen LogP contribution in [0.2, 0.25) is 0 Å². The van der Waals surface area contributed by atoms with E-state index in [0.29, 0.717) is 0 Å². The summed E-state index contributed by atoms with van der Waals surface area (Å²) in [4.78, 5) is 11.1. The first kappa shape index (κ1) is 9.02. The third-order valence-corrected chi connectivity index (χ3v) is 2.37. The number of rotatable bonds is 1. The second-order valence-electron chi connectivity index (χ2n) is 3.25. The molecule has 0 atom stereocenters. The molecule has 4 heteroatoms. The Balaban J connectivity index is 2.26. The van der Waals surface area contributed by atoms with E-state index in [4.69, 9.17) is 0 Å². The first-order chi connectivity index (χ1) is 6.81. The smallest absolute Gasteiger partial charge is 0.318 e. The SMILES string of the molecule is CNC(=O)Nc1cccc2c1CNC2. The fourth-order valence-electron chi connectivity index (χ4n) is 1.63. The molecule has 2 rings (SSSR count). The van der Waals surface area contributed by atoms with Gasteiger partial charge in [0.15, 0.2) is 0 Å². The van der Waals surface area contributed by atoms with Crippen LogP contribution >= 0.6 is 0 Å². The lowest BCUT2D eigenvalue weighted by Crippen LogP contribution is -2.25. The zero-order valence-corrected chi connectivity index (χ0v) is 8.05. The Morgan fingerprint density at radius 1 is 1.43 bits per heavy atom. The van der Waals surface area contributed by atoms with Gasteiger partial charge in [0, 0.05) is 25.8 Å². The molecule has 0 saturated carbocycles. The minimum absolute atomic E-state index is 0.176. The highest BCUT2D eigenvalue weighted by Gasteiger charge is 2.14. The fraction of sp³-hybridized carbons (Fsp3) is 0.300. The number of nitrogens with one attached hydrogen (secondary N) is 3. The van der Waals surface area contributed by atoms with E-state index in [0.717, 1.165) is 18.8 Å². The lowest BCUT2D eigenvalue weighted by Gasteiger charge is -2.08. The molecular formula is C10H13N3O. The summed E-state index contributed by atoms with van der Waals surface area (Å²) in [5.41, 5.74) is 3.35. The van der Waals surface area contributed by atoms with Gasteiger partial charge in [-0.05, 0) is 17.2 Å². The van der Waals surface area contributed by atoms with E-state index in [-0.39, 0.29) is 6.03 Å². The summed E-state index contributed by atoms with van der Waals surface area (Å²) >= 11 is 0. The van der Waals surface area contributed by atoms with Crippen LogP contribution in [-0.4, -0.2) is 13.1 Å². The molecule has 1 heterocycles. The first-order valence-corrected chi connectivity index (χ1v) is 4.61. The van der Waals surface area contributed by atoms with Crippen LogP contribution < -0.4 is 16.0 Å². The predicted molar refractivity (Wildman–Crippen MR) is 55.1 cm³/mol. The number of fused-ring (bicyclic) bond motifs is 1. The van der Waals surface area contributed by atoms with Crippen molar-refractivity contribution in [3.63, 3.8) is 0 Å². The second-order valence-corrected chi connectivity index (χ2v) is 3.25. The van der Waals surface area contributed by atoms with Gasteiger partial charge in [-0.15, -0.1) is 0 Å². The Hall–Kier alpha value is -1.55. The van der Waals surface area contributed by atoms with E-state index < -0.39 is 0 Å². The van der Waals surface area contributed by atoms with Crippen LogP contribution in [0.4, 0.5) is 10.5 Å². The molecule has 0 radical (unpaired) electrons. The summed E-state index contributed by atoms with van der Waals surface area (Å²) in [7, 11) is 1.61. The largest absolute Gasteiger partial charge is 0.341 e. The molecule has 74 valence electrons. The molecule has 0 saturated heterocycles. The summed E-state index contributed by atoms with van der Waals surface area (Å²) in [6, 6.07) is 5.77. The Morgan fingerprint density at radius 3 is 3.07 bits per heavy atom. The summed E-state index contributed by atoms with van der Waals surface area (Å²) in [6.07, 6.45) is 0. The van der Waals surface area contributed by atoms with Crippen LogP contribution in [0.3, 0.4) is 0 Å². The molecule has 4 nitrogen and oxygen atoms in total. The lowest BCUT2D eigenvalue weighted by atomic mass is 10.1. The Labute approximate surface area is 82.7 Å². The third-order valence-electron chi connectivity index (χ3n) is 2.37. The minimum atomic E-state index is -0.176. The van der Waals surface area contributed by atoms with Crippen LogP contribution in [0.1, 0.15) is 11.1 Å². The highest BCUT2D eigenvalue weighted by atomic mass is 16.2. The number of hydrogen-bond donors (Lipinski definition) is 3.